The van der Waals surface area contributed by atoms with Crippen molar-refractivity contribution in [1.29, 1.82) is 0 Å². The number of carbonyl (C=O) groups is 4. The fourth-order valence-corrected chi connectivity index (χ4v) is 12.6. The number of terminal acetylenes is 1. The van der Waals surface area contributed by atoms with E-state index in [0.29, 0.717) is 65.8 Å². The number of rotatable bonds is 15. The highest BCUT2D eigenvalue weighted by Crippen LogP contribution is 2.44. The second kappa shape index (κ2) is 21.6. The Kier molecular flexibility index (Phi) is 14.6. The highest BCUT2D eigenvalue weighted by atomic mass is 19.1. The molecule has 420 valence electrons. The topological polar surface area (TPSA) is 214 Å². The van der Waals surface area contributed by atoms with E-state index in [2.05, 4.69) is 26.4 Å². The van der Waals surface area contributed by atoms with E-state index in [4.69, 9.17) is 40.1 Å². The van der Waals surface area contributed by atoms with Gasteiger partial charge in [-0.3, -0.25) is 38.8 Å². The molecule has 5 fully saturated rings. The smallest absolute Gasteiger partial charge is 0.410 e. The molecule has 80 heavy (non-hydrogen) atoms. The third-order valence-corrected chi connectivity index (χ3v) is 16.3. The normalized spacial score (nSPS) is 22.0. The van der Waals surface area contributed by atoms with E-state index in [1.165, 1.54) is 28.5 Å². The summed E-state index contributed by atoms with van der Waals surface area (Å²) in [5.41, 5.74) is 0.663. The van der Waals surface area contributed by atoms with Crippen LogP contribution in [0.2, 0.25) is 0 Å². The Hall–Kier alpha value is -7.90. The average molecular weight is 1100 g/mol. The third-order valence-electron chi connectivity index (χ3n) is 16.3. The molecular formula is C58H64F2N10O10. The second-order valence-electron chi connectivity index (χ2n) is 22.5. The molecule has 11 rings (SSSR count). The van der Waals surface area contributed by atoms with Gasteiger partial charge in [0.05, 0.1) is 39.6 Å². The summed E-state index contributed by atoms with van der Waals surface area (Å²) in [6.07, 6.45) is 12.7. The Bertz CT molecular complexity index is 3560. The van der Waals surface area contributed by atoms with Crippen molar-refractivity contribution in [1.82, 2.24) is 44.5 Å². The Morgan fingerprint density at radius 1 is 0.975 bits per heavy atom. The molecule has 20 nitrogen and oxygen atoms in total. The van der Waals surface area contributed by atoms with E-state index in [1.54, 1.807) is 25.2 Å². The zero-order chi connectivity index (χ0) is 56.2. The molecule has 5 aliphatic rings. The van der Waals surface area contributed by atoms with Crippen LogP contribution in [0.25, 0.3) is 44.0 Å². The van der Waals surface area contributed by atoms with Gasteiger partial charge in [0.2, 0.25) is 11.8 Å². The zero-order valence-corrected chi connectivity index (χ0v) is 45.4. The summed E-state index contributed by atoms with van der Waals surface area (Å²) in [4.78, 5) is 84.8. The predicted molar refractivity (Wildman–Crippen MR) is 291 cm³/mol. The van der Waals surface area contributed by atoms with Gasteiger partial charge in [-0.25, -0.2) is 23.2 Å². The van der Waals surface area contributed by atoms with Crippen LogP contribution in [0.4, 0.5) is 24.2 Å². The average Bonchev–Trinajstić information content (AvgIpc) is 4.15. The number of aryl methyl sites for hydroxylation is 2. The van der Waals surface area contributed by atoms with Crippen molar-refractivity contribution in [2.75, 3.05) is 58.2 Å². The molecule has 3 aromatic carbocycles. The van der Waals surface area contributed by atoms with Crippen molar-refractivity contribution in [2.45, 2.75) is 120 Å². The van der Waals surface area contributed by atoms with Crippen molar-refractivity contribution < 1.29 is 51.6 Å². The lowest BCUT2D eigenvalue weighted by atomic mass is 9.95. The van der Waals surface area contributed by atoms with Crippen LogP contribution in [0.1, 0.15) is 95.7 Å². The summed E-state index contributed by atoms with van der Waals surface area (Å²) >= 11 is 0. The summed E-state index contributed by atoms with van der Waals surface area (Å²) in [6.45, 7) is 7.62. The van der Waals surface area contributed by atoms with Crippen molar-refractivity contribution in [3.05, 3.63) is 81.9 Å². The largest absolute Gasteiger partial charge is 0.468 e. The highest BCUT2D eigenvalue weighted by Gasteiger charge is 2.51. The first-order valence-corrected chi connectivity index (χ1v) is 27.3. The number of nitrogens with one attached hydrogen (secondary N) is 2. The molecule has 4 amide bonds. The van der Waals surface area contributed by atoms with Crippen molar-refractivity contribution in [3.63, 3.8) is 0 Å². The third kappa shape index (κ3) is 10.2. The van der Waals surface area contributed by atoms with Crippen LogP contribution in [0.15, 0.2) is 53.5 Å². The van der Waals surface area contributed by atoms with Crippen LogP contribution < -0.4 is 30.7 Å². The van der Waals surface area contributed by atoms with Gasteiger partial charge in [-0.05, 0) is 126 Å². The summed E-state index contributed by atoms with van der Waals surface area (Å²) < 4.78 is 65.3. The molecule has 22 heteroatoms. The number of pyridine rings is 1. The van der Waals surface area contributed by atoms with E-state index in [9.17, 15) is 24.0 Å². The Morgan fingerprint density at radius 2 is 1.77 bits per heavy atom. The molecule has 0 aliphatic carbocycles. The second-order valence-corrected chi connectivity index (χ2v) is 22.5. The number of benzene rings is 3. The SMILES string of the molecule is C#Cc1c(F)ccc2cc(OCOC)cc(-c3ncc4c(N5CC6CCC(C5)N6C(=O)OC(C)(C)C)nc(OC[C@@]56CCCN5[C@H](COC(=O)NCCCc5ccc7c(c5)n(C)c(=O)n7C5CCC(=O)NC5=O)CC6)nc4c3F)c12. The monoisotopic (exact) mass is 1100 g/mol. The van der Waals surface area contributed by atoms with E-state index in [1.807, 2.05) is 48.8 Å². The fraction of sp³-hybridized carbons (Fsp3) is 0.483. The summed E-state index contributed by atoms with van der Waals surface area (Å²) in [5, 5.41) is 6.28. The quantitative estimate of drug-likeness (QED) is 0.0457. The number of halogens is 2. The number of anilines is 1. The minimum absolute atomic E-state index is 0.0576. The Balaban J connectivity index is 0.797. The molecule has 0 radical (unpaired) electrons. The maximum absolute atomic E-state index is 17.7. The molecule has 6 aromatic rings. The lowest BCUT2D eigenvalue weighted by Gasteiger charge is -2.42. The number of nitrogens with zero attached hydrogens (tertiary/aromatic N) is 8. The number of hydrogen-bond acceptors (Lipinski definition) is 15. The van der Waals surface area contributed by atoms with Crippen molar-refractivity contribution >= 4 is 62.5 Å². The molecule has 8 heterocycles. The number of imide groups is 1. The maximum Gasteiger partial charge on any atom is 0.410 e. The molecule has 0 saturated carbocycles. The number of hydrogen-bond donors (Lipinski definition) is 2. The molecule has 2 N–H and O–H groups in total. The number of methoxy groups -OCH3 is 1. The van der Waals surface area contributed by atoms with Gasteiger partial charge in [-0.2, -0.15) is 9.97 Å². The summed E-state index contributed by atoms with van der Waals surface area (Å²) in [5.74, 6) is 0.843. The van der Waals surface area contributed by atoms with E-state index < -0.39 is 40.8 Å². The fourth-order valence-electron chi connectivity index (χ4n) is 12.6. The van der Waals surface area contributed by atoms with Gasteiger partial charge in [0.25, 0.3) is 0 Å². The number of amides is 4. The van der Waals surface area contributed by atoms with Crippen LogP contribution >= 0.6 is 0 Å². The van der Waals surface area contributed by atoms with Gasteiger partial charge in [0.15, 0.2) is 12.6 Å². The molecule has 2 bridgehead atoms. The van der Waals surface area contributed by atoms with E-state index in [0.717, 1.165) is 50.6 Å². The first-order chi connectivity index (χ1) is 38.4. The van der Waals surface area contributed by atoms with Crippen LogP contribution in [0, 0.1) is 24.0 Å². The van der Waals surface area contributed by atoms with Crippen LogP contribution in [-0.4, -0.2) is 140 Å². The number of imidazole rings is 1. The van der Waals surface area contributed by atoms with Crippen LogP contribution in [0.5, 0.6) is 11.8 Å². The first kappa shape index (κ1) is 54.1. The number of alkyl carbamates (subject to hydrolysis) is 1. The van der Waals surface area contributed by atoms with E-state index in [-0.39, 0.29) is 102 Å². The minimum Gasteiger partial charge on any atom is -0.468 e. The number of aromatic nitrogens is 5. The molecule has 3 aromatic heterocycles. The van der Waals surface area contributed by atoms with Gasteiger partial charge in [-0.1, -0.05) is 18.1 Å². The predicted octanol–water partition coefficient (Wildman–Crippen LogP) is 7.04. The number of fused-ring (bicyclic) bond motifs is 6. The number of carbonyl (C=O) groups excluding carboxylic acids is 4. The Labute approximate surface area is 460 Å². The molecule has 0 spiro atoms. The Morgan fingerprint density at radius 3 is 2.52 bits per heavy atom. The number of ether oxygens (including phenoxy) is 5. The molecule has 5 saturated heterocycles. The minimum atomic E-state index is -0.811. The van der Waals surface area contributed by atoms with Gasteiger partial charge in [0, 0.05) is 63.4 Å². The van der Waals surface area contributed by atoms with Gasteiger partial charge >= 0.3 is 23.9 Å². The van der Waals surface area contributed by atoms with Gasteiger partial charge in [-0.15, -0.1) is 6.42 Å². The van der Waals surface area contributed by atoms with Crippen molar-refractivity contribution in [2.24, 2.45) is 7.05 Å². The van der Waals surface area contributed by atoms with Crippen LogP contribution in [-0.2, 0) is 37.3 Å². The lowest BCUT2D eigenvalue weighted by Crippen LogP contribution is -2.57. The summed E-state index contributed by atoms with van der Waals surface area (Å²) in [7, 11) is 3.13. The zero-order valence-electron chi connectivity index (χ0n) is 45.4. The molecule has 5 aliphatic heterocycles. The van der Waals surface area contributed by atoms with E-state index >= 15 is 8.78 Å². The molecule has 3 unspecified atom stereocenters. The van der Waals surface area contributed by atoms with Gasteiger partial charge in [0.1, 0.15) is 53.5 Å². The summed E-state index contributed by atoms with van der Waals surface area (Å²) in [6, 6.07) is 10.3. The van der Waals surface area contributed by atoms with Gasteiger partial charge < -0.3 is 33.9 Å². The lowest BCUT2D eigenvalue weighted by molar-refractivity contribution is -0.135. The number of piperazine rings is 1. The molecule has 5 atom stereocenters. The maximum atomic E-state index is 17.7. The highest BCUT2D eigenvalue weighted by molar-refractivity contribution is 6.03. The van der Waals surface area contributed by atoms with Crippen LogP contribution in [0.3, 0.4) is 0 Å². The first-order valence-electron chi connectivity index (χ1n) is 27.3. The van der Waals surface area contributed by atoms with Crippen molar-refractivity contribution in [3.8, 4) is 35.4 Å². The standard InChI is InChI=1S/C58H64F2N10O10/c1-7-39-42(59)15-12-34-25-38(79-32-76-6)26-40(47(34)39)49-48(60)50-41(27-62-49)51(67-28-35-13-14-36(29-67)69(35)56(75)80-57(2,3)4)65-53(64-50)78-31-58-20-9-23-68(58)37(19-21-58)30-77-54(73)61-22-8-10-33-11-16-43-45(24-33)66(5)55(74)70(43)44-17-18-46(71)63-52(44)72/h1,11-12,15-16,24-27,35-37,44H,8-10,13-14,17-23,28-32H2,2-6H3,(H,61,73)(H,63,71,72)/t35?,36?,37-,44?,58-/m0/s1. The number of piperidine rings is 1. The molecular weight excluding hydrogens is 1030 g/mol.